The lowest BCUT2D eigenvalue weighted by Crippen LogP contribution is -2.47. The van der Waals surface area contributed by atoms with Crippen molar-refractivity contribution >= 4 is 18.3 Å². The van der Waals surface area contributed by atoms with Gasteiger partial charge in [0, 0.05) is 0 Å². The van der Waals surface area contributed by atoms with Crippen molar-refractivity contribution in [1.29, 1.82) is 0 Å². The van der Waals surface area contributed by atoms with E-state index in [-0.39, 0.29) is 30.4 Å². The van der Waals surface area contributed by atoms with Crippen LogP contribution in [0, 0.1) is 0 Å². The van der Waals surface area contributed by atoms with Gasteiger partial charge in [0.2, 0.25) is 5.91 Å². The number of halogens is 1. The minimum atomic E-state index is 0. The lowest BCUT2D eigenvalue weighted by Gasteiger charge is -2.29. The predicted molar refractivity (Wildman–Crippen MR) is 83.2 cm³/mol. The third-order valence-electron chi connectivity index (χ3n) is 4.31. The van der Waals surface area contributed by atoms with Gasteiger partial charge in [-0.3, -0.25) is 4.79 Å². The van der Waals surface area contributed by atoms with Crippen LogP contribution in [0.4, 0.5) is 0 Å². The number of hydrogen-bond acceptors (Lipinski definition) is 2. The SMILES string of the molecule is Cl.O=C(NC1CCCc2ccccc21)C1CCCCN1. The molecule has 1 aliphatic carbocycles. The molecule has 3 rings (SSSR count). The Hall–Kier alpha value is -1.06. The molecule has 0 aromatic heterocycles. The van der Waals surface area contributed by atoms with Crippen molar-refractivity contribution in [2.24, 2.45) is 0 Å². The van der Waals surface area contributed by atoms with Gasteiger partial charge >= 0.3 is 0 Å². The Kier molecular flexibility index (Phi) is 5.44. The summed E-state index contributed by atoms with van der Waals surface area (Å²) in [5, 5.41) is 6.56. The molecule has 1 amide bonds. The highest BCUT2D eigenvalue weighted by molar-refractivity contribution is 5.85. The number of piperidine rings is 1. The lowest BCUT2D eigenvalue weighted by molar-refractivity contribution is -0.124. The quantitative estimate of drug-likeness (QED) is 0.880. The maximum atomic E-state index is 12.3. The van der Waals surface area contributed by atoms with Crippen molar-refractivity contribution in [2.45, 2.75) is 50.6 Å². The molecule has 2 unspecified atom stereocenters. The third-order valence-corrected chi connectivity index (χ3v) is 4.31. The molecule has 2 N–H and O–H groups in total. The van der Waals surface area contributed by atoms with Gasteiger partial charge in [0.1, 0.15) is 0 Å². The Morgan fingerprint density at radius 2 is 2.00 bits per heavy atom. The minimum absolute atomic E-state index is 0. The van der Waals surface area contributed by atoms with Gasteiger partial charge in [0.15, 0.2) is 0 Å². The number of benzene rings is 1. The molecule has 0 bridgehead atoms. The second-order valence-corrected chi connectivity index (χ2v) is 5.65. The summed E-state index contributed by atoms with van der Waals surface area (Å²) in [7, 11) is 0. The van der Waals surface area contributed by atoms with E-state index in [4.69, 9.17) is 0 Å². The van der Waals surface area contributed by atoms with Crippen LogP contribution in [0.5, 0.6) is 0 Å². The van der Waals surface area contributed by atoms with E-state index in [0.717, 1.165) is 32.2 Å². The van der Waals surface area contributed by atoms with Crippen molar-refractivity contribution in [3.8, 4) is 0 Å². The van der Waals surface area contributed by atoms with E-state index in [9.17, 15) is 4.79 Å². The Balaban J connectivity index is 0.00000147. The van der Waals surface area contributed by atoms with Crippen LogP contribution in [-0.2, 0) is 11.2 Å². The number of amides is 1. The molecule has 1 saturated heterocycles. The van der Waals surface area contributed by atoms with Gasteiger partial charge in [-0.2, -0.15) is 0 Å². The van der Waals surface area contributed by atoms with E-state index in [0.29, 0.717) is 0 Å². The van der Waals surface area contributed by atoms with E-state index in [1.165, 1.54) is 24.0 Å². The van der Waals surface area contributed by atoms with Gasteiger partial charge in [0.25, 0.3) is 0 Å². The third kappa shape index (κ3) is 3.33. The van der Waals surface area contributed by atoms with Gasteiger partial charge in [-0.05, 0) is 49.8 Å². The van der Waals surface area contributed by atoms with E-state index in [2.05, 4.69) is 34.9 Å². The summed E-state index contributed by atoms with van der Waals surface area (Å²) in [4.78, 5) is 12.3. The van der Waals surface area contributed by atoms with Crippen LogP contribution in [0.1, 0.15) is 49.3 Å². The first-order chi connectivity index (χ1) is 9.34. The molecule has 0 spiro atoms. The maximum Gasteiger partial charge on any atom is 0.237 e. The zero-order valence-corrected chi connectivity index (χ0v) is 12.5. The van der Waals surface area contributed by atoms with Crippen LogP contribution >= 0.6 is 12.4 Å². The van der Waals surface area contributed by atoms with Crippen molar-refractivity contribution in [1.82, 2.24) is 10.6 Å². The standard InChI is InChI=1S/C16H22N2O.ClH/c19-16(15-9-3-4-11-17-15)18-14-10-5-7-12-6-1-2-8-13(12)14;/h1-2,6,8,14-15,17H,3-5,7,9-11H2,(H,18,19);1H. The molecule has 1 heterocycles. The highest BCUT2D eigenvalue weighted by Gasteiger charge is 2.26. The second-order valence-electron chi connectivity index (χ2n) is 5.65. The summed E-state index contributed by atoms with van der Waals surface area (Å²) >= 11 is 0. The molecular formula is C16H23ClN2O. The largest absolute Gasteiger partial charge is 0.348 e. The van der Waals surface area contributed by atoms with E-state index < -0.39 is 0 Å². The topological polar surface area (TPSA) is 41.1 Å². The predicted octanol–water partition coefficient (Wildman–Crippen LogP) is 2.74. The first kappa shape index (κ1) is 15.3. The fourth-order valence-corrected chi connectivity index (χ4v) is 3.25. The van der Waals surface area contributed by atoms with Crippen LogP contribution in [-0.4, -0.2) is 18.5 Å². The molecule has 20 heavy (non-hydrogen) atoms. The molecular weight excluding hydrogens is 272 g/mol. The highest BCUT2D eigenvalue weighted by Crippen LogP contribution is 2.29. The van der Waals surface area contributed by atoms with Crippen LogP contribution in [0.2, 0.25) is 0 Å². The van der Waals surface area contributed by atoms with Crippen LogP contribution in [0.3, 0.4) is 0 Å². The number of carbonyl (C=O) groups excluding carboxylic acids is 1. The number of nitrogens with one attached hydrogen (secondary N) is 2. The Morgan fingerprint density at radius 3 is 2.80 bits per heavy atom. The average molecular weight is 295 g/mol. The summed E-state index contributed by atoms with van der Waals surface area (Å²) in [6.45, 7) is 0.972. The van der Waals surface area contributed by atoms with Gasteiger partial charge in [0.05, 0.1) is 12.1 Å². The zero-order valence-electron chi connectivity index (χ0n) is 11.7. The molecule has 2 aliphatic rings. The van der Waals surface area contributed by atoms with Gasteiger partial charge in [-0.1, -0.05) is 30.7 Å². The average Bonchev–Trinajstić information content (AvgIpc) is 2.48. The molecule has 0 saturated carbocycles. The number of aryl methyl sites for hydroxylation is 1. The van der Waals surface area contributed by atoms with E-state index in [1.54, 1.807) is 0 Å². The molecule has 1 fully saturated rings. The molecule has 2 atom stereocenters. The molecule has 1 aliphatic heterocycles. The summed E-state index contributed by atoms with van der Waals surface area (Å²) in [5.41, 5.74) is 2.72. The second kappa shape index (κ2) is 7.09. The summed E-state index contributed by atoms with van der Waals surface area (Å²) in [6, 6.07) is 8.73. The number of hydrogen-bond donors (Lipinski definition) is 2. The van der Waals surface area contributed by atoms with Crippen LogP contribution in [0.15, 0.2) is 24.3 Å². The minimum Gasteiger partial charge on any atom is -0.348 e. The summed E-state index contributed by atoms with van der Waals surface area (Å²) < 4.78 is 0. The summed E-state index contributed by atoms with van der Waals surface area (Å²) in [5.74, 6) is 0.182. The molecule has 1 aromatic carbocycles. The monoisotopic (exact) mass is 294 g/mol. The molecule has 0 radical (unpaired) electrons. The van der Waals surface area contributed by atoms with Crippen molar-refractivity contribution in [3.05, 3.63) is 35.4 Å². The first-order valence-corrected chi connectivity index (χ1v) is 7.46. The first-order valence-electron chi connectivity index (χ1n) is 7.46. The molecule has 110 valence electrons. The Morgan fingerprint density at radius 1 is 1.15 bits per heavy atom. The molecule has 4 heteroatoms. The van der Waals surface area contributed by atoms with Crippen molar-refractivity contribution in [3.63, 3.8) is 0 Å². The van der Waals surface area contributed by atoms with Crippen molar-refractivity contribution < 1.29 is 4.79 Å². The normalized spacial score (nSPS) is 25.2. The van der Waals surface area contributed by atoms with E-state index >= 15 is 0 Å². The lowest BCUT2D eigenvalue weighted by atomic mass is 9.87. The molecule has 3 nitrogen and oxygen atoms in total. The maximum absolute atomic E-state index is 12.3. The molecule has 1 aromatic rings. The highest BCUT2D eigenvalue weighted by atomic mass is 35.5. The summed E-state index contributed by atoms with van der Waals surface area (Å²) in [6.07, 6.45) is 6.70. The number of rotatable bonds is 2. The van der Waals surface area contributed by atoms with Crippen LogP contribution in [0.25, 0.3) is 0 Å². The Bertz CT molecular complexity index is 458. The van der Waals surface area contributed by atoms with Crippen molar-refractivity contribution in [2.75, 3.05) is 6.54 Å². The number of fused-ring (bicyclic) bond motifs is 1. The smallest absolute Gasteiger partial charge is 0.237 e. The zero-order chi connectivity index (χ0) is 13.1. The van der Waals surface area contributed by atoms with E-state index in [1.807, 2.05) is 0 Å². The fourth-order valence-electron chi connectivity index (χ4n) is 3.25. The Labute approximate surface area is 126 Å². The van der Waals surface area contributed by atoms with Gasteiger partial charge in [-0.15, -0.1) is 12.4 Å². The van der Waals surface area contributed by atoms with Crippen LogP contribution < -0.4 is 10.6 Å². The van der Waals surface area contributed by atoms with Gasteiger partial charge in [-0.25, -0.2) is 0 Å². The number of carbonyl (C=O) groups is 1. The fraction of sp³-hybridized carbons (Fsp3) is 0.562. The van der Waals surface area contributed by atoms with Gasteiger partial charge < -0.3 is 10.6 Å².